The smallest absolute Gasteiger partial charge is 0.153 e. The van der Waals surface area contributed by atoms with E-state index in [2.05, 4.69) is 48.9 Å². The molecule has 108 valence electrons. The maximum Gasteiger partial charge on any atom is 0.153 e. The Morgan fingerprint density at radius 3 is 2.68 bits per heavy atom. The third-order valence-electron chi connectivity index (χ3n) is 3.16. The molecule has 1 aromatic heterocycles. The monoisotopic (exact) mass is 267 g/mol. The van der Waals surface area contributed by atoms with E-state index in [4.69, 9.17) is 10.9 Å². The van der Waals surface area contributed by atoms with Crippen molar-refractivity contribution in [3.63, 3.8) is 0 Å². The summed E-state index contributed by atoms with van der Waals surface area (Å²) in [6, 6.07) is 2.44. The molecule has 0 saturated heterocycles. The number of aryl methyl sites for hydroxylation is 2. The maximum atomic E-state index is 8.69. The van der Waals surface area contributed by atoms with Crippen LogP contribution in [0.2, 0.25) is 0 Å². The summed E-state index contributed by atoms with van der Waals surface area (Å²) in [7, 11) is 0. The molecule has 3 N–H and O–H groups in total. The quantitative estimate of drug-likeness (QED) is 0.339. The zero-order valence-electron chi connectivity index (χ0n) is 12.3. The van der Waals surface area contributed by atoms with Crippen molar-refractivity contribution in [2.45, 2.75) is 53.2 Å². The molecule has 0 fully saturated rings. The lowest BCUT2D eigenvalue weighted by Gasteiger charge is -2.25. The molecular weight excluding hydrogens is 242 g/mol. The number of aromatic nitrogens is 2. The van der Waals surface area contributed by atoms with Crippen LogP contribution in [0.3, 0.4) is 0 Å². The Morgan fingerprint density at radius 2 is 2.21 bits per heavy atom. The molecule has 0 radical (unpaired) electrons. The van der Waals surface area contributed by atoms with E-state index in [0.29, 0.717) is 12.6 Å². The molecular formula is C13H25N5O. The molecule has 6 nitrogen and oxygen atoms in total. The molecule has 0 unspecified atom stereocenters. The third-order valence-corrected chi connectivity index (χ3v) is 3.16. The van der Waals surface area contributed by atoms with E-state index in [-0.39, 0.29) is 5.84 Å². The summed E-state index contributed by atoms with van der Waals surface area (Å²) in [5, 5.41) is 16.3. The van der Waals surface area contributed by atoms with Gasteiger partial charge < -0.3 is 10.9 Å². The summed E-state index contributed by atoms with van der Waals surface area (Å²) in [6.07, 6.45) is 0.932. The summed E-state index contributed by atoms with van der Waals surface area (Å²) in [5.74, 6) is 0.229. The van der Waals surface area contributed by atoms with Crippen molar-refractivity contribution < 1.29 is 5.21 Å². The largest absolute Gasteiger partial charge is 0.409 e. The first-order valence-corrected chi connectivity index (χ1v) is 6.77. The van der Waals surface area contributed by atoms with E-state index in [9.17, 15) is 0 Å². The zero-order valence-corrected chi connectivity index (χ0v) is 12.3. The van der Waals surface area contributed by atoms with Gasteiger partial charge >= 0.3 is 0 Å². The molecule has 0 aromatic carbocycles. The first kappa shape index (κ1) is 15.5. The normalized spacial score (nSPS) is 12.6. The Labute approximate surface area is 114 Å². The Kier molecular flexibility index (Phi) is 5.82. The van der Waals surface area contributed by atoms with Gasteiger partial charge in [0.25, 0.3) is 0 Å². The van der Waals surface area contributed by atoms with Gasteiger partial charge in [-0.3, -0.25) is 9.58 Å². The second kappa shape index (κ2) is 7.13. The Bertz CT molecular complexity index is 425. The van der Waals surface area contributed by atoms with Crippen LogP contribution in [0.5, 0.6) is 0 Å². The summed E-state index contributed by atoms with van der Waals surface area (Å²) in [6.45, 7) is 10.4. The minimum absolute atomic E-state index is 0.229. The van der Waals surface area contributed by atoms with Crippen molar-refractivity contribution in [3.05, 3.63) is 17.5 Å². The second-order valence-electron chi connectivity index (χ2n) is 4.89. The summed E-state index contributed by atoms with van der Waals surface area (Å²) in [5.41, 5.74) is 7.87. The lowest BCUT2D eigenvalue weighted by Crippen LogP contribution is -2.38. The fraction of sp³-hybridized carbons (Fsp3) is 0.692. The van der Waals surface area contributed by atoms with E-state index in [1.165, 1.54) is 5.69 Å². The predicted octanol–water partition coefficient (Wildman–Crippen LogP) is 1.42. The fourth-order valence-corrected chi connectivity index (χ4v) is 1.96. The average molecular weight is 267 g/mol. The van der Waals surface area contributed by atoms with Crippen LogP contribution in [0.1, 0.15) is 39.1 Å². The molecule has 19 heavy (non-hydrogen) atoms. The van der Waals surface area contributed by atoms with Crippen molar-refractivity contribution in [1.82, 2.24) is 14.7 Å². The molecule has 1 aromatic rings. The number of hydrogen-bond acceptors (Lipinski definition) is 4. The lowest BCUT2D eigenvalue weighted by molar-refractivity contribution is 0.232. The number of amidine groups is 1. The van der Waals surface area contributed by atoms with Gasteiger partial charge in [-0.1, -0.05) is 12.1 Å². The van der Waals surface area contributed by atoms with Crippen molar-refractivity contribution in [1.29, 1.82) is 0 Å². The second-order valence-corrected chi connectivity index (χ2v) is 4.89. The van der Waals surface area contributed by atoms with Crippen molar-refractivity contribution >= 4 is 5.84 Å². The highest BCUT2D eigenvalue weighted by Gasteiger charge is 2.15. The maximum absolute atomic E-state index is 8.69. The van der Waals surface area contributed by atoms with E-state index < -0.39 is 0 Å². The third kappa shape index (κ3) is 4.24. The van der Waals surface area contributed by atoms with Gasteiger partial charge in [-0.2, -0.15) is 5.10 Å². The number of oxime groups is 1. The standard InChI is InChI=1S/C13H25N5O/c1-5-11-7-12(18(6-2)15-11)8-17(10(3)4)9-13(14)16-19/h7,10,19H,5-6,8-9H2,1-4H3,(H2,14,16). The average Bonchev–Trinajstić information content (AvgIpc) is 2.79. The molecule has 0 aliphatic rings. The molecule has 0 spiro atoms. The molecule has 0 saturated carbocycles. The fourth-order valence-electron chi connectivity index (χ4n) is 1.96. The summed E-state index contributed by atoms with van der Waals surface area (Å²) in [4.78, 5) is 2.15. The van der Waals surface area contributed by atoms with Crippen LogP contribution < -0.4 is 5.73 Å². The molecule has 0 aliphatic carbocycles. The number of nitrogens with two attached hydrogens (primary N) is 1. The zero-order chi connectivity index (χ0) is 14.4. The molecule has 0 aliphatic heterocycles. The van der Waals surface area contributed by atoms with Gasteiger partial charge in [-0.15, -0.1) is 0 Å². The van der Waals surface area contributed by atoms with Crippen LogP contribution in [0.4, 0.5) is 0 Å². The topological polar surface area (TPSA) is 79.7 Å². The summed E-state index contributed by atoms with van der Waals surface area (Å²) >= 11 is 0. The van der Waals surface area contributed by atoms with E-state index in [0.717, 1.165) is 25.2 Å². The Hall–Kier alpha value is -1.56. The van der Waals surface area contributed by atoms with Crippen LogP contribution in [0.25, 0.3) is 0 Å². The number of hydrogen-bond donors (Lipinski definition) is 2. The van der Waals surface area contributed by atoms with E-state index in [1.807, 2.05) is 4.68 Å². The Morgan fingerprint density at radius 1 is 1.53 bits per heavy atom. The number of rotatable bonds is 7. The van der Waals surface area contributed by atoms with Crippen LogP contribution in [0.15, 0.2) is 11.2 Å². The van der Waals surface area contributed by atoms with Crippen LogP contribution >= 0.6 is 0 Å². The molecule has 0 amide bonds. The van der Waals surface area contributed by atoms with Crippen molar-refractivity contribution in [3.8, 4) is 0 Å². The van der Waals surface area contributed by atoms with Crippen molar-refractivity contribution in [2.24, 2.45) is 10.9 Å². The van der Waals surface area contributed by atoms with Gasteiger partial charge in [0.2, 0.25) is 0 Å². The minimum Gasteiger partial charge on any atom is -0.409 e. The SMILES string of the molecule is CCc1cc(CN(CC(N)=NO)C(C)C)n(CC)n1. The van der Waals surface area contributed by atoms with E-state index in [1.54, 1.807) is 0 Å². The molecule has 6 heteroatoms. The van der Waals surface area contributed by atoms with Gasteiger partial charge in [-0.25, -0.2) is 0 Å². The highest BCUT2D eigenvalue weighted by atomic mass is 16.4. The minimum atomic E-state index is 0.229. The predicted molar refractivity (Wildman–Crippen MR) is 76.2 cm³/mol. The van der Waals surface area contributed by atoms with Crippen molar-refractivity contribution in [2.75, 3.05) is 6.54 Å². The number of nitrogens with zero attached hydrogens (tertiary/aromatic N) is 4. The van der Waals surface area contributed by atoms with Gasteiger partial charge in [0.15, 0.2) is 5.84 Å². The van der Waals surface area contributed by atoms with Gasteiger partial charge in [0, 0.05) is 19.1 Å². The Balaban J connectivity index is 2.86. The molecule has 1 heterocycles. The van der Waals surface area contributed by atoms with Gasteiger partial charge in [-0.05, 0) is 33.3 Å². The molecule has 1 rings (SSSR count). The van der Waals surface area contributed by atoms with Crippen LogP contribution in [0, 0.1) is 0 Å². The molecule has 0 atom stereocenters. The first-order chi connectivity index (χ1) is 9.01. The van der Waals surface area contributed by atoms with Gasteiger partial charge in [0.1, 0.15) is 0 Å². The highest BCUT2D eigenvalue weighted by molar-refractivity contribution is 5.81. The van der Waals surface area contributed by atoms with E-state index >= 15 is 0 Å². The lowest BCUT2D eigenvalue weighted by atomic mass is 10.2. The summed E-state index contributed by atoms with van der Waals surface area (Å²) < 4.78 is 2.01. The van der Waals surface area contributed by atoms with Crippen LogP contribution in [-0.4, -0.2) is 38.3 Å². The van der Waals surface area contributed by atoms with Crippen LogP contribution in [-0.2, 0) is 19.5 Å². The first-order valence-electron chi connectivity index (χ1n) is 6.77. The van der Waals surface area contributed by atoms with Gasteiger partial charge in [0.05, 0.1) is 17.9 Å². The molecule has 0 bridgehead atoms. The highest BCUT2D eigenvalue weighted by Crippen LogP contribution is 2.11.